The van der Waals surface area contributed by atoms with Crippen molar-refractivity contribution in [1.29, 1.82) is 0 Å². The van der Waals surface area contributed by atoms with Gasteiger partial charge in [-0.2, -0.15) is 0 Å². The van der Waals surface area contributed by atoms with Crippen LogP contribution >= 0.6 is 11.6 Å². The van der Waals surface area contributed by atoms with Crippen LogP contribution < -0.4 is 16.0 Å². The molecule has 1 aliphatic carbocycles. The number of alkyl halides is 3. The van der Waals surface area contributed by atoms with Gasteiger partial charge in [-0.05, 0) is 58.1 Å². The molecule has 6 fully saturated rings. The summed E-state index contributed by atoms with van der Waals surface area (Å²) in [6.45, 7) is 14.1. The molecule has 0 aromatic rings. The van der Waals surface area contributed by atoms with Gasteiger partial charge in [0.1, 0.15) is 18.4 Å². The van der Waals surface area contributed by atoms with E-state index in [4.69, 9.17) is 21.1 Å². The summed E-state index contributed by atoms with van der Waals surface area (Å²) in [6, 6.07) is -1.94. The highest BCUT2D eigenvalue weighted by atomic mass is 35.5. The molecule has 0 spiro atoms. The molecule has 0 aromatic carbocycles. The second kappa shape index (κ2) is 14.9. The first-order valence-corrected chi connectivity index (χ1v) is 18.5. The Kier molecular flexibility index (Phi) is 11.3. The van der Waals surface area contributed by atoms with E-state index in [1.54, 1.807) is 4.90 Å². The van der Waals surface area contributed by atoms with E-state index in [1.807, 2.05) is 18.7 Å². The number of hydrogen-bond acceptors (Lipinski definition) is 8. The van der Waals surface area contributed by atoms with Gasteiger partial charge in [-0.25, -0.2) is 13.6 Å². The van der Waals surface area contributed by atoms with Crippen molar-refractivity contribution in [3.8, 4) is 0 Å². The SMILES string of the molecule is C=CC(=O)N1CCN(C2NC(=O)N3C4NC(C(F)CC42)C2C(CCC(Cl)C2F)OCC(O)C(OCC)C2CCNC(C(C)C)C23)[C@@H](C)C1. The van der Waals surface area contributed by atoms with Crippen LogP contribution in [0.25, 0.3) is 0 Å². The lowest BCUT2D eigenvalue weighted by Crippen LogP contribution is -2.80. The van der Waals surface area contributed by atoms with Crippen LogP contribution in [0.1, 0.15) is 53.4 Å². The Labute approximate surface area is 288 Å². The van der Waals surface area contributed by atoms with Crippen LogP contribution in [0.3, 0.4) is 0 Å². The van der Waals surface area contributed by atoms with Crippen molar-refractivity contribution in [2.75, 3.05) is 39.4 Å². The number of urea groups is 1. The van der Waals surface area contributed by atoms with Crippen molar-refractivity contribution in [3.63, 3.8) is 0 Å². The van der Waals surface area contributed by atoms with Gasteiger partial charge in [-0.1, -0.05) is 20.4 Å². The van der Waals surface area contributed by atoms with Crippen LogP contribution in [-0.2, 0) is 14.3 Å². The van der Waals surface area contributed by atoms with E-state index in [0.29, 0.717) is 52.0 Å². The molecule has 15 atom stereocenters. The highest BCUT2D eigenvalue weighted by Gasteiger charge is 2.59. The Morgan fingerprint density at radius 1 is 1.21 bits per heavy atom. The molecule has 6 rings (SSSR count). The van der Waals surface area contributed by atoms with Crippen molar-refractivity contribution in [3.05, 3.63) is 12.7 Å². The highest BCUT2D eigenvalue weighted by molar-refractivity contribution is 6.21. The number of carbonyl (C=O) groups is 2. The molecule has 14 unspecified atom stereocenters. The Hall–Kier alpha value is -1.61. The van der Waals surface area contributed by atoms with Crippen molar-refractivity contribution in [2.24, 2.45) is 23.7 Å². The number of aliphatic hydroxyl groups is 1. The topological polar surface area (TPSA) is 119 Å². The van der Waals surface area contributed by atoms with Crippen LogP contribution in [-0.4, -0.2) is 144 Å². The van der Waals surface area contributed by atoms with Gasteiger partial charge in [0.05, 0.1) is 42.6 Å². The molecule has 0 radical (unpaired) electrons. The molecule has 11 nitrogen and oxygen atoms in total. The summed E-state index contributed by atoms with van der Waals surface area (Å²) in [6.07, 6.45) is -3.59. The van der Waals surface area contributed by atoms with Gasteiger partial charge in [0, 0.05) is 62.1 Å². The van der Waals surface area contributed by atoms with Crippen LogP contribution in [0.2, 0.25) is 0 Å². The number of amides is 3. The Balaban J connectivity index is 1.44. The maximum atomic E-state index is 16.7. The number of aliphatic hydroxyl groups excluding tert-OH is 1. The van der Waals surface area contributed by atoms with E-state index in [1.165, 1.54) is 6.08 Å². The van der Waals surface area contributed by atoms with Gasteiger partial charge in [-0.3, -0.25) is 15.0 Å². The molecular formula is C34H55ClF2N6O5. The fourth-order valence-electron chi connectivity index (χ4n) is 9.82. The van der Waals surface area contributed by atoms with Gasteiger partial charge >= 0.3 is 6.03 Å². The first-order valence-electron chi connectivity index (χ1n) is 18.1. The lowest BCUT2D eigenvalue weighted by Gasteiger charge is -2.61. The molecule has 1 saturated carbocycles. The summed E-state index contributed by atoms with van der Waals surface area (Å²) in [4.78, 5) is 32.9. The first kappa shape index (κ1) is 36.2. The third-order valence-electron chi connectivity index (χ3n) is 12.0. The summed E-state index contributed by atoms with van der Waals surface area (Å²) in [5.74, 6) is -1.59. The fraction of sp³-hybridized carbons (Fsp3) is 0.882. The summed E-state index contributed by atoms with van der Waals surface area (Å²) in [7, 11) is 0. The number of hydrogen-bond donors (Lipinski definition) is 4. The number of nitrogens with zero attached hydrogens (tertiary/aromatic N) is 3. The maximum absolute atomic E-state index is 16.7. The third-order valence-corrected chi connectivity index (χ3v) is 12.5. The van der Waals surface area contributed by atoms with E-state index < -0.39 is 72.3 Å². The Bertz CT molecular complexity index is 1180. The van der Waals surface area contributed by atoms with Gasteiger partial charge in [0.15, 0.2) is 0 Å². The summed E-state index contributed by atoms with van der Waals surface area (Å²) in [5.41, 5.74) is 0. The number of piperidine rings is 2. The number of ether oxygens (including phenoxy) is 2. The van der Waals surface area contributed by atoms with Gasteiger partial charge < -0.3 is 35.0 Å². The van der Waals surface area contributed by atoms with Crippen molar-refractivity contribution >= 4 is 23.5 Å². The number of fused-ring (bicyclic) bond motifs is 5. The summed E-state index contributed by atoms with van der Waals surface area (Å²) < 4.78 is 45.5. The van der Waals surface area contributed by atoms with Crippen molar-refractivity contribution in [2.45, 2.75) is 126 Å². The molecule has 2 bridgehead atoms. The van der Waals surface area contributed by atoms with E-state index in [9.17, 15) is 14.7 Å². The minimum Gasteiger partial charge on any atom is -0.388 e. The smallest absolute Gasteiger partial charge is 0.320 e. The van der Waals surface area contributed by atoms with Gasteiger partial charge in [0.25, 0.3) is 0 Å². The van der Waals surface area contributed by atoms with Crippen molar-refractivity contribution < 1.29 is 33.0 Å². The predicted octanol–water partition coefficient (Wildman–Crippen LogP) is 2.22. The van der Waals surface area contributed by atoms with Crippen LogP contribution in [0.5, 0.6) is 0 Å². The molecule has 14 heteroatoms. The van der Waals surface area contributed by atoms with E-state index in [2.05, 4.69) is 41.3 Å². The normalized spacial score (nSPS) is 45.7. The van der Waals surface area contributed by atoms with Crippen LogP contribution in [0.4, 0.5) is 13.6 Å². The summed E-state index contributed by atoms with van der Waals surface area (Å²) in [5, 5.41) is 21.4. The molecule has 5 saturated heterocycles. The standard InChI is InChI=1S/C34H55ClF2N6O5/c1-6-25(45)41-12-13-42(18(5)15-41)32-20-14-22(36)29-26-24(9-8-21(35)27(26)37)48-16-23(44)31(47-7-2)19-10-11-38-28(17(3)4)30(19)43(33(20)39-29)34(46)40-32/h6,17-24,26-33,38-39,44H,1,7-16H2,2-5H3,(H,40,46)/t18-,19?,20?,21?,22?,23?,24?,26?,27?,28?,29?,30?,31?,32?,33?/m0/s1. The zero-order chi connectivity index (χ0) is 34.4. The minimum absolute atomic E-state index is 0.0866. The average Bonchev–Trinajstić information content (AvgIpc) is 3.06. The van der Waals surface area contributed by atoms with Crippen molar-refractivity contribution in [1.82, 2.24) is 30.7 Å². The molecule has 48 heavy (non-hydrogen) atoms. The van der Waals surface area contributed by atoms with Crippen LogP contribution in [0.15, 0.2) is 12.7 Å². The van der Waals surface area contributed by atoms with E-state index in [0.717, 1.165) is 0 Å². The molecule has 6 aliphatic rings. The Morgan fingerprint density at radius 2 is 1.98 bits per heavy atom. The fourth-order valence-corrected chi connectivity index (χ4v) is 10.1. The number of piperazine rings is 1. The van der Waals surface area contributed by atoms with E-state index >= 15 is 8.78 Å². The molecular weight excluding hydrogens is 646 g/mol. The number of nitrogens with one attached hydrogen (secondary N) is 3. The maximum Gasteiger partial charge on any atom is 0.320 e. The zero-order valence-corrected chi connectivity index (χ0v) is 29.4. The zero-order valence-electron chi connectivity index (χ0n) is 28.6. The highest BCUT2D eigenvalue weighted by Crippen LogP contribution is 2.44. The molecule has 272 valence electrons. The number of carbonyl (C=O) groups excluding carboxylic acids is 2. The molecule has 4 N–H and O–H groups in total. The summed E-state index contributed by atoms with van der Waals surface area (Å²) >= 11 is 6.51. The van der Waals surface area contributed by atoms with Gasteiger partial charge in [-0.15, -0.1) is 11.6 Å². The molecule has 5 heterocycles. The second-order valence-corrected chi connectivity index (χ2v) is 15.6. The average molecular weight is 701 g/mol. The minimum atomic E-state index is -1.54. The number of rotatable bonds is 5. The molecule has 3 amide bonds. The monoisotopic (exact) mass is 700 g/mol. The predicted molar refractivity (Wildman–Crippen MR) is 178 cm³/mol. The first-order chi connectivity index (χ1) is 23.0. The van der Waals surface area contributed by atoms with Gasteiger partial charge in [0.2, 0.25) is 5.91 Å². The lowest BCUT2D eigenvalue weighted by atomic mass is 9.71. The lowest BCUT2D eigenvalue weighted by molar-refractivity contribution is -0.165. The quantitative estimate of drug-likeness (QED) is 0.255. The number of halogens is 3. The van der Waals surface area contributed by atoms with E-state index in [-0.39, 0.29) is 48.9 Å². The van der Waals surface area contributed by atoms with Crippen LogP contribution in [0, 0.1) is 23.7 Å². The Morgan fingerprint density at radius 3 is 2.67 bits per heavy atom. The third kappa shape index (κ3) is 6.62. The second-order valence-electron chi connectivity index (χ2n) is 15.1. The molecule has 5 aliphatic heterocycles. The molecule has 0 aromatic heterocycles. The largest absolute Gasteiger partial charge is 0.388 e.